The van der Waals surface area contributed by atoms with Crippen molar-refractivity contribution < 1.29 is 0 Å². The first kappa shape index (κ1) is 14.8. The van der Waals surface area contributed by atoms with Crippen LogP contribution in [0.25, 0.3) is 5.82 Å². The number of anilines is 1. The van der Waals surface area contributed by atoms with Crippen molar-refractivity contribution in [3.63, 3.8) is 0 Å². The van der Waals surface area contributed by atoms with Gasteiger partial charge in [-0.1, -0.05) is 20.8 Å². The predicted octanol–water partition coefficient (Wildman–Crippen LogP) is 3.81. The van der Waals surface area contributed by atoms with E-state index < -0.39 is 0 Å². The highest BCUT2D eigenvalue weighted by Crippen LogP contribution is 2.28. The first-order valence-electron chi connectivity index (χ1n) is 5.93. The zero-order valence-corrected chi connectivity index (χ0v) is 14.9. The van der Waals surface area contributed by atoms with Crippen molar-refractivity contribution in [1.29, 1.82) is 0 Å². The Bertz CT molecular complexity index is 584. The molecule has 102 valence electrons. The molecule has 0 aliphatic rings. The van der Waals surface area contributed by atoms with Gasteiger partial charge in [-0.3, -0.25) is 0 Å². The van der Waals surface area contributed by atoms with Gasteiger partial charge in [-0.2, -0.15) is 9.78 Å². The molecule has 0 amide bonds. The van der Waals surface area contributed by atoms with Crippen molar-refractivity contribution >= 4 is 44.3 Å². The van der Waals surface area contributed by atoms with Gasteiger partial charge in [0, 0.05) is 10.7 Å². The van der Waals surface area contributed by atoms with Gasteiger partial charge >= 0.3 is 0 Å². The molecule has 2 N–H and O–H groups in total. The molecule has 0 atom stereocenters. The summed E-state index contributed by atoms with van der Waals surface area (Å²) in [6.07, 6.45) is 2.63. The lowest BCUT2D eigenvalue weighted by Gasteiger charge is -2.16. The Morgan fingerprint density at radius 3 is 2.58 bits per heavy atom. The quantitative estimate of drug-likeness (QED) is 0.731. The number of nitrogen functional groups attached to an aromatic ring is 1. The molecule has 0 aromatic carbocycles. The minimum Gasteiger partial charge on any atom is -0.383 e. The fourth-order valence-electron chi connectivity index (χ4n) is 1.74. The van der Waals surface area contributed by atoms with Crippen molar-refractivity contribution in [2.75, 3.05) is 5.73 Å². The van der Waals surface area contributed by atoms with Crippen LogP contribution in [0.2, 0.25) is 0 Å². The summed E-state index contributed by atoms with van der Waals surface area (Å²) in [6, 6.07) is 3.82. The molecular formula is C13H16BrIN4. The predicted molar refractivity (Wildman–Crippen MR) is 89.3 cm³/mol. The fraction of sp³-hybridized carbons (Fsp3) is 0.385. The van der Waals surface area contributed by atoms with E-state index in [0.717, 1.165) is 26.0 Å². The summed E-state index contributed by atoms with van der Waals surface area (Å²) < 4.78 is 3.65. The van der Waals surface area contributed by atoms with Crippen LogP contribution in [0.5, 0.6) is 0 Å². The van der Waals surface area contributed by atoms with Gasteiger partial charge in [0.25, 0.3) is 0 Å². The highest BCUT2D eigenvalue weighted by Gasteiger charge is 2.20. The van der Waals surface area contributed by atoms with E-state index in [-0.39, 0.29) is 5.41 Å². The minimum absolute atomic E-state index is 0.179. The summed E-state index contributed by atoms with van der Waals surface area (Å²) in [6.45, 7) is 6.57. The largest absolute Gasteiger partial charge is 0.383 e. The maximum Gasteiger partial charge on any atom is 0.155 e. The third-order valence-electron chi connectivity index (χ3n) is 2.55. The first-order chi connectivity index (χ1) is 8.78. The van der Waals surface area contributed by atoms with Crippen molar-refractivity contribution in [3.8, 4) is 5.82 Å². The maximum atomic E-state index is 6.13. The number of aromatic nitrogens is 3. The Hall–Kier alpha value is -0.630. The molecular weight excluding hydrogens is 419 g/mol. The monoisotopic (exact) mass is 434 g/mol. The summed E-state index contributed by atoms with van der Waals surface area (Å²) >= 11 is 5.62. The highest BCUT2D eigenvalue weighted by molar-refractivity contribution is 14.1. The molecule has 6 heteroatoms. The van der Waals surface area contributed by atoms with Gasteiger partial charge < -0.3 is 5.73 Å². The molecule has 0 aliphatic heterocycles. The number of nitrogens with zero attached hydrogens (tertiary/aromatic N) is 3. The second kappa shape index (κ2) is 5.40. The topological polar surface area (TPSA) is 56.7 Å². The lowest BCUT2D eigenvalue weighted by atomic mass is 9.91. The van der Waals surface area contributed by atoms with Crippen LogP contribution in [-0.2, 0) is 6.42 Å². The van der Waals surface area contributed by atoms with Crippen LogP contribution >= 0.6 is 38.5 Å². The van der Waals surface area contributed by atoms with Crippen molar-refractivity contribution in [3.05, 3.63) is 32.1 Å². The average molecular weight is 435 g/mol. The molecule has 0 saturated heterocycles. The molecule has 2 aromatic heterocycles. The van der Waals surface area contributed by atoms with Crippen LogP contribution in [0, 0.1) is 8.99 Å². The van der Waals surface area contributed by atoms with Gasteiger partial charge in [0.2, 0.25) is 0 Å². The van der Waals surface area contributed by atoms with Crippen LogP contribution < -0.4 is 5.73 Å². The summed E-state index contributed by atoms with van der Waals surface area (Å²) in [5.41, 5.74) is 7.34. The zero-order valence-electron chi connectivity index (χ0n) is 11.1. The molecule has 19 heavy (non-hydrogen) atoms. The molecule has 2 heterocycles. The standard InChI is InChI=1S/C13H16BrIN4/c1-13(2,3)6-9-11(15)12(16)19(18-9)10-5-4-8(14)7-17-10/h4-5,7H,6,16H2,1-3H3. The van der Waals surface area contributed by atoms with Crippen LogP contribution in [0.3, 0.4) is 0 Å². The number of rotatable bonds is 2. The molecule has 0 unspecified atom stereocenters. The molecule has 0 fully saturated rings. The summed E-state index contributed by atoms with van der Waals surface area (Å²) in [7, 11) is 0. The molecule has 0 bridgehead atoms. The maximum absolute atomic E-state index is 6.13. The SMILES string of the molecule is CC(C)(C)Cc1nn(-c2ccc(Br)cn2)c(N)c1I. The Kier molecular flexibility index (Phi) is 4.20. The molecule has 0 aliphatic carbocycles. The third kappa shape index (κ3) is 3.47. The third-order valence-corrected chi connectivity index (χ3v) is 4.20. The zero-order chi connectivity index (χ0) is 14.2. The van der Waals surface area contributed by atoms with E-state index in [1.165, 1.54) is 0 Å². The van der Waals surface area contributed by atoms with E-state index >= 15 is 0 Å². The number of halogens is 2. The summed E-state index contributed by atoms with van der Waals surface area (Å²) in [5.74, 6) is 1.38. The van der Waals surface area contributed by atoms with E-state index in [1.54, 1.807) is 10.9 Å². The molecule has 0 saturated carbocycles. The van der Waals surface area contributed by atoms with E-state index in [2.05, 4.69) is 69.4 Å². The van der Waals surface area contributed by atoms with Gasteiger partial charge in [0.05, 0.1) is 9.26 Å². The molecule has 0 radical (unpaired) electrons. The lowest BCUT2D eigenvalue weighted by molar-refractivity contribution is 0.404. The summed E-state index contributed by atoms with van der Waals surface area (Å²) in [5, 5.41) is 4.60. The number of hydrogen-bond acceptors (Lipinski definition) is 3. The molecule has 2 aromatic rings. The van der Waals surface area contributed by atoms with Gasteiger partial charge in [-0.25, -0.2) is 4.98 Å². The van der Waals surface area contributed by atoms with Gasteiger partial charge in [0.1, 0.15) is 5.82 Å². The van der Waals surface area contributed by atoms with E-state index in [1.807, 2.05) is 12.1 Å². The normalized spacial score (nSPS) is 11.8. The Labute approximate surface area is 135 Å². The van der Waals surface area contributed by atoms with Crippen LogP contribution in [0.1, 0.15) is 26.5 Å². The second-order valence-electron chi connectivity index (χ2n) is 5.63. The van der Waals surface area contributed by atoms with Gasteiger partial charge in [0.15, 0.2) is 5.82 Å². The van der Waals surface area contributed by atoms with E-state index in [9.17, 15) is 0 Å². The smallest absolute Gasteiger partial charge is 0.155 e. The fourth-order valence-corrected chi connectivity index (χ4v) is 2.50. The van der Waals surface area contributed by atoms with E-state index in [0.29, 0.717) is 5.82 Å². The molecule has 0 spiro atoms. The Morgan fingerprint density at radius 1 is 1.37 bits per heavy atom. The number of nitrogens with two attached hydrogens (primary N) is 1. The van der Waals surface area contributed by atoms with Crippen molar-refractivity contribution in [1.82, 2.24) is 14.8 Å². The number of pyridine rings is 1. The van der Waals surface area contributed by atoms with Crippen molar-refractivity contribution in [2.45, 2.75) is 27.2 Å². The molecule has 2 rings (SSSR count). The highest BCUT2D eigenvalue weighted by atomic mass is 127. The van der Waals surface area contributed by atoms with Gasteiger partial charge in [-0.15, -0.1) is 0 Å². The van der Waals surface area contributed by atoms with Gasteiger partial charge in [-0.05, 0) is 62.5 Å². The Morgan fingerprint density at radius 2 is 2.05 bits per heavy atom. The second-order valence-corrected chi connectivity index (χ2v) is 7.62. The minimum atomic E-state index is 0.179. The van der Waals surface area contributed by atoms with Crippen LogP contribution in [-0.4, -0.2) is 14.8 Å². The summed E-state index contributed by atoms with van der Waals surface area (Å²) in [4.78, 5) is 4.33. The molecule has 4 nitrogen and oxygen atoms in total. The lowest BCUT2D eigenvalue weighted by Crippen LogP contribution is -2.11. The van der Waals surface area contributed by atoms with Crippen molar-refractivity contribution in [2.24, 2.45) is 5.41 Å². The Balaban J connectivity index is 2.43. The number of hydrogen-bond donors (Lipinski definition) is 1. The van der Waals surface area contributed by atoms with E-state index in [4.69, 9.17) is 5.73 Å². The van der Waals surface area contributed by atoms with Crippen LogP contribution in [0.4, 0.5) is 5.82 Å². The van der Waals surface area contributed by atoms with Crippen LogP contribution in [0.15, 0.2) is 22.8 Å². The first-order valence-corrected chi connectivity index (χ1v) is 7.80. The average Bonchev–Trinajstić information content (AvgIpc) is 2.57.